The SMILES string of the molecule is COc1ccc([C@](C)(N)[C@@H](SC)c2ccccc2)cc1. The van der Waals surface area contributed by atoms with Crippen LogP contribution >= 0.6 is 11.8 Å². The molecule has 20 heavy (non-hydrogen) atoms. The first kappa shape index (κ1) is 14.9. The first-order chi connectivity index (χ1) is 9.59. The van der Waals surface area contributed by atoms with Gasteiger partial charge in [0.1, 0.15) is 5.75 Å². The van der Waals surface area contributed by atoms with Gasteiger partial charge in [-0.25, -0.2) is 0 Å². The molecule has 2 nitrogen and oxygen atoms in total. The molecule has 0 aliphatic carbocycles. The summed E-state index contributed by atoms with van der Waals surface area (Å²) in [5, 5.41) is 0.206. The van der Waals surface area contributed by atoms with Gasteiger partial charge in [0.2, 0.25) is 0 Å². The van der Waals surface area contributed by atoms with Gasteiger partial charge in [-0.15, -0.1) is 0 Å². The molecule has 0 fully saturated rings. The van der Waals surface area contributed by atoms with Crippen molar-refractivity contribution in [3.63, 3.8) is 0 Å². The molecule has 0 unspecified atom stereocenters. The van der Waals surface area contributed by atoms with E-state index < -0.39 is 5.54 Å². The molecule has 0 spiro atoms. The van der Waals surface area contributed by atoms with Crippen LogP contribution in [-0.2, 0) is 5.54 Å². The van der Waals surface area contributed by atoms with Crippen molar-refractivity contribution in [3.8, 4) is 5.75 Å². The van der Waals surface area contributed by atoms with E-state index in [4.69, 9.17) is 10.5 Å². The highest BCUT2D eigenvalue weighted by Gasteiger charge is 2.32. The highest BCUT2D eigenvalue weighted by molar-refractivity contribution is 7.98. The van der Waals surface area contributed by atoms with Crippen LogP contribution in [-0.4, -0.2) is 13.4 Å². The summed E-state index contributed by atoms with van der Waals surface area (Å²) in [5.74, 6) is 0.852. The molecule has 0 amide bonds. The van der Waals surface area contributed by atoms with E-state index in [1.807, 2.05) is 30.3 Å². The zero-order chi connectivity index (χ0) is 14.6. The third-order valence-electron chi connectivity index (χ3n) is 3.59. The fourth-order valence-electron chi connectivity index (χ4n) is 2.46. The van der Waals surface area contributed by atoms with Gasteiger partial charge >= 0.3 is 0 Å². The van der Waals surface area contributed by atoms with Crippen molar-refractivity contribution >= 4 is 11.8 Å². The molecule has 0 saturated heterocycles. The van der Waals surface area contributed by atoms with Crippen molar-refractivity contribution in [1.82, 2.24) is 0 Å². The highest BCUT2D eigenvalue weighted by atomic mass is 32.2. The van der Waals surface area contributed by atoms with Gasteiger partial charge < -0.3 is 10.5 Å². The standard InChI is InChI=1S/C17H21NOS/c1-17(18,14-9-11-15(19-2)12-10-14)16(20-3)13-7-5-4-6-8-13/h4-12,16H,18H2,1-3H3/t16-,17-/m0/s1. The largest absolute Gasteiger partial charge is 0.497 e. The van der Waals surface area contributed by atoms with Crippen molar-refractivity contribution in [2.75, 3.05) is 13.4 Å². The van der Waals surface area contributed by atoms with Gasteiger partial charge in [-0.1, -0.05) is 42.5 Å². The Labute approximate surface area is 125 Å². The van der Waals surface area contributed by atoms with Crippen LogP contribution in [0.3, 0.4) is 0 Å². The minimum atomic E-state index is -0.437. The third-order valence-corrected chi connectivity index (χ3v) is 4.83. The van der Waals surface area contributed by atoms with E-state index in [1.54, 1.807) is 18.9 Å². The Bertz CT molecular complexity index is 537. The normalized spacial score (nSPS) is 15.4. The number of methoxy groups -OCH3 is 1. The van der Waals surface area contributed by atoms with E-state index in [0.29, 0.717) is 0 Å². The number of nitrogens with two attached hydrogens (primary N) is 1. The highest BCUT2D eigenvalue weighted by Crippen LogP contribution is 2.41. The van der Waals surface area contributed by atoms with Crippen molar-refractivity contribution in [2.24, 2.45) is 5.73 Å². The lowest BCUT2D eigenvalue weighted by Crippen LogP contribution is -2.38. The topological polar surface area (TPSA) is 35.2 Å². The zero-order valence-electron chi connectivity index (χ0n) is 12.2. The van der Waals surface area contributed by atoms with Gasteiger partial charge in [0.15, 0.2) is 0 Å². The smallest absolute Gasteiger partial charge is 0.118 e. The minimum absolute atomic E-state index is 0.206. The molecular weight excluding hydrogens is 266 g/mol. The summed E-state index contributed by atoms with van der Waals surface area (Å²) >= 11 is 1.78. The van der Waals surface area contributed by atoms with Gasteiger partial charge in [-0.2, -0.15) is 11.8 Å². The Morgan fingerprint density at radius 2 is 1.65 bits per heavy atom. The summed E-state index contributed by atoms with van der Waals surface area (Å²) < 4.78 is 5.21. The predicted molar refractivity (Wildman–Crippen MR) is 87.2 cm³/mol. The quantitative estimate of drug-likeness (QED) is 0.903. The molecule has 0 saturated carbocycles. The van der Waals surface area contributed by atoms with E-state index in [-0.39, 0.29) is 5.25 Å². The number of hydrogen-bond acceptors (Lipinski definition) is 3. The van der Waals surface area contributed by atoms with Crippen LogP contribution in [0.4, 0.5) is 0 Å². The summed E-state index contributed by atoms with van der Waals surface area (Å²) in [6, 6.07) is 18.4. The molecule has 0 radical (unpaired) electrons. The number of rotatable bonds is 5. The average molecular weight is 287 g/mol. The third kappa shape index (κ3) is 3.00. The lowest BCUT2D eigenvalue weighted by atomic mass is 9.86. The predicted octanol–water partition coefficient (Wildman–Crippen LogP) is 3.97. The Kier molecular flexibility index (Phi) is 4.73. The maximum atomic E-state index is 6.65. The van der Waals surface area contributed by atoms with E-state index in [9.17, 15) is 0 Å². The molecule has 0 aliphatic heterocycles. The van der Waals surface area contributed by atoms with Gasteiger partial charge in [0.05, 0.1) is 17.9 Å². The molecule has 3 heteroatoms. The fraction of sp³-hybridized carbons (Fsp3) is 0.294. The molecule has 2 rings (SSSR count). The molecular formula is C17H21NOS. The van der Waals surface area contributed by atoms with Gasteiger partial charge in [-0.05, 0) is 36.4 Å². The van der Waals surface area contributed by atoms with Crippen molar-refractivity contribution in [1.29, 1.82) is 0 Å². The summed E-state index contributed by atoms with van der Waals surface area (Å²) in [5.41, 5.74) is 8.58. The van der Waals surface area contributed by atoms with Crippen molar-refractivity contribution in [3.05, 3.63) is 65.7 Å². The molecule has 2 aromatic carbocycles. The van der Waals surface area contributed by atoms with Gasteiger partial charge in [-0.3, -0.25) is 0 Å². The number of ether oxygens (including phenoxy) is 1. The van der Waals surface area contributed by atoms with Crippen molar-refractivity contribution in [2.45, 2.75) is 17.7 Å². The molecule has 0 bridgehead atoms. The van der Waals surface area contributed by atoms with Crippen LogP contribution in [0.25, 0.3) is 0 Å². The monoisotopic (exact) mass is 287 g/mol. The molecule has 2 atom stereocenters. The Morgan fingerprint density at radius 3 is 2.15 bits per heavy atom. The lowest BCUT2D eigenvalue weighted by molar-refractivity contribution is 0.413. The van der Waals surface area contributed by atoms with E-state index >= 15 is 0 Å². The summed E-state index contributed by atoms with van der Waals surface area (Å²) in [7, 11) is 1.67. The fourth-order valence-corrected chi connectivity index (χ4v) is 3.51. The van der Waals surface area contributed by atoms with E-state index in [0.717, 1.165) is 11.3 Å². The molecule has 2 N–H and O–H groups in total. The summed E-state index contributed by atoms with van der Waals surface area (Å²) in [6.07, 6.45) is 2.10. The molecule has 2 aromatic rings. The van der Waals surface area contributed by atoms with Crippen LogP contribution in [0.1, 0.15) is 23.3 Å². The first-order valence-electron chi connectivity index (χ1n) is 6.60. The molecule has 106 valence electrons. The van der Waals surface area contributed by atoms with Crippen LogP contribution in [0, 0.1) is 0 Å². The Balaban J connectivity index is 2.35. The average Bonchev–Trinajstić information content (AvgIpc) is 2.49. The maximum Gasteiger partial charge on any atom is 0.118 e. The number of benzene rings is 2. The van der Waals surface area contributed by atoms with Crippen molar-refractivity contribution < 1.29 is 4.74 Å². The summed E-state index contributed by atoms with van der Waals surface area (Å²) in [4.78, 5) is 0. The second-order valence-electron chi connectivity index (χ2n) is 5.04. The second kappa shape index (κ2) is 6.33. The zero-order valence-corrected chi connectivity index (χ0v) is 13.0. The van der Waals surface area contributed by atoms with E-state index in [2.05, 4.69) is 37.4 Å². The van der Waals surface area contributed by atoms with Crippen LogP contribution in [0.15, 0.2) is 54.6 Å². The molecule has 0 heterocycles. The van der Waals surface area contributed by atoms with Gasteiger partial charge in [0, 0.05) is 0 Å². The second-order valence-corrected chi connectivity index (χ2v) is 5.98. The van der Waals surface area contributed by atoms with Crippen LogP contribution in [0.5, 0.6) is 5.75 Å². The van der Waals surface area contributed by atoms with E-state index in [1.165, 1.54) is 5.56 Å². The maximum absolute atomic E-state index is 6.65. The minimum Gasteiger partial charge on any atom is -0.497 e. The van der Waals surface area contributed by atoms with Crippen LogP contribution < -0.4 is 10.5 Å². The van der Waals surface area contributed by atoms with Crippen LogP contribution in [0.2, 0.25) is 0 Å². The summed E-state index contributed by atoms with van der Waals surface area (Å²) in [6.45, 7) is 2.09. The first-order valence-corrected chi connectivity index (χ1v) is 7.89. The van der Waals surface area contributed by atoms with Gasteiger partial charge in [0.25, 0.3) is 0 Å². The Morgan fingerprint density at radius 1 is 1.05 bits per heavy atom. The number of thioether (sulfide) groups is 1. The lowest BCUT2D eigenvalue weighted by Gasteiger charge is -2.34. The Hall–Kier alpha value is -1.45. The number of hydrogen-bond donors (Lipinski definition) is 1. The molecule has 0 aliphatic rings. The molecule has 0 aromatic heterocycles.